The highest BCUT2D eigenvalue weighted by atomic mass is 32.2. The zero-order chi connectivity index (χ0) is 20.5. The first kappa shape index (κ1) is 18.5. The molecule has 1 atom stereocenters. The summed E-state index contributed by atoms with van der Waals surface area (Å²) in [6.45, 7) is 0. The molecule has 30 heavy (non-hydrogen) atoms. The number of thioether (sulfide) groups is 1. The summed E-state index contributed by atoms with van der Waals surface area (Å²) in [6.07, 6.45) is 0. The van der Waals surface area contributed by atoms with Crippen LogP contribution in [0.4, 0.5) is 5.69 Å². The molecule has 6 heteroatoms. The highest BCUT2D eigenvalue weighted by Crippen LogP contribution is 2.33. The predicted octanol–water partition coefficient (Wildman–Crippen LogP) is 5.00. The van der Waals surface area contributed by atoms with E-state index in [0.29, 0.717) is 22.8 Å². The lowest BCUT2D eigenvalue weighted by atomic mass is 10.0. The Labute approximate surface area is 177 Å². The molecule has 0 aliphatic carbocycles. The highest BCUT2D eigenvalue weighted by Gasteiger charge is 2.23. The number of amides is 2. The Morgan fingerprint density at radius 2 is 1.80 bits per heavy atom. The average Bonchev–Trinajstić information content (AvgIpc) is 3.21. The Bertz CT molecular complexity index is 1220. The van der Waals surface area contributed by atoms with Crippen LogP contribution < -0.4 is 10.6 Å². The zero-order valence-electron chi connectivity index (χ0n) is 15.9. The Morgan fingerprint density at radius 3 is 2.63 bits per heavy atom. The topological polar surface area (TPSA) is 71.3 Å². The van der Waals surface area contributed by atoms with Gasteiger partial charge in [-0.05, 0) is 35.9 Å². The molecule has 1 aromatic heterocycles. The molecule has 1 aliphatic heterocycles. The van der Waals surface area contributed by atoms with Crippen LogP contribution in [0.1, 0.15) is 27.7 Å². The van der Waals surface area contributed by atoms with E-state index in [0.717, 1.165) is 21.4 Å². The number of para-hydroxylation sites is 1. The number of anilines is 1. The van der Waals surface area contributed by atoms with Gasteiger partial charge < -0.3 is 15.1 Å². The Morgan fingerprint density at radius 1 is 1.00 bits per heavy atom. The van der Waals surface area contributed by atoms with E-state index in [1.807, 2.05) is 66.7 Å². The minimum Gasteiger partial charge on any atom is -0.459 e. The van der Waals surface area contributed by atoms with Gasteiger partial charge in [0.2, 0.25) is 5.91 Å². The van der Waals surface area contributed by atoms with Gasteiger partial charge in [-0.25, -0.2) is 0 Å². The van der Waals surface area contributed by atoms with E-state index in [1.165, 1.54) is 11.8 Å². The molecule has 2 heterocycles. The number of rotatable bonds is 4. The summed E-state index contributed by atoms with van der Waals surface area (Å²) in [5, 5.41) is 6.91. The number of hydrogen-bond donors (Lipinski definition) is 2. The summed E-state index contributed by atoms with van der Waals surface area (Å²) >= 11 is 1.47. The first-order chi connectivity index (χ1) is 14.7. The molecule has 2 amide bonds. The van der Waals surface area contributed by atoms with Crippen LogP contribution in [0.15, 0.2) is 88.2 Å². The van der Waals surface area contributed by atoms with Crippen molar-refractivity contribution in [1.29, 1.82) is 0 Å². The molecule has 0 fully saturated rings. The van der Waals surface area contributed by atoms with E-state index >= 15 is 0 Å². The molecule has 0 spiro atoms. The van der Waals surface area contributed by atoms with Crippen molar-refractivity contribution in [3.8, 4) is 0 Å². The summed E-state index contributed by atoms with van der Waals surface area (Å²) in [4.78, 5) is 25.8. The third kappa shape index (κ3) is 3.57. The third-order valence-electron chi connectivity index (χ3n) is 5.01. The Hall–Kier alpha value is -3.51. The van der Waals surface area contributed by atoms with E-state index < -0.39 is 6.04 Å². The van der Waals surface area contributed by atoms with Crippen molar-refractivity contribution in [3.63, 3.8) is 0 Å². The maximum atomic E-state index is 13.1. The van der Waals surface area contributed by atoms with Crippen molar-refractivity contribution in [1.82, 2.24) is 5.32 Å². The average molecular weight is 414 g/mol. The molecule has 0 bridgehead atoms. The van der Waals surface area contributed by atoms with Crippen LogP contribution in [0, 0.1) is 0 Å². The smallest absolute Gasteiger partial charge is 0.252 e. The summed E-state index contributed by atoms with van der Waals surface area (Å²) in [6, 6.07) is 24.4. The van der Waals surface area contributed by atoms with E-state index in [4.69, 9.17) is 4.42 Å². The molecule has 1 unspecified atom stereocenters. The van der Waals surface area contributed by atoms with Crippen molar-refractivity contribution < 1.29 is 14.0 Å². The van der Waals surface area contributed by atoms with E-state index in [9.17, 15) is 9.59 Å². The molecule has 0 saturated carbocycles. The standard InChI is InChI=1S/C24H18N2O3S/c27-22-14-30-21-11-10-17(12-18(21)25-22)24(28)26-23(15-6-2-1-3-7-15)20-13-16-8-4-5-9-19(16)29-20/h1-13,23H,14H2,(H,25,27)(H,26,28). The van der Waals surface area contributed by atoms with E-state index in [1.54, 1.807) is 12.1 Å². The number of hydrogen-bond acceptors (Lipinski definition) is 4. The maximum absolute atomic E-state index is 13.1. The first-order valence-corrected chi connectivity index (χ1v) is 10.6. The normalized spacial score (nSPS) is 14.1. The van der Waals surface area contributed by atoms with Crippen molar-refractivity contribution in [2.45, 2.75) is 10.9 Å². The fourth-order valence-corrected chi connectivity index (χ4v) is 4.34. The number of furan rings is 1. The van der Waals surface area contributed by atoms with Crippen LogP contribution in [0.5, 0.6) is 0 Å². The van der Waals surface area contributed by atoms with Gasteiger partial charge in [-0.15, -0.1) is 11.8 Å². The molecular weight excluding hydrogens is 396 g/mol. The second-order valence-corrected chi connectivity index (χ2v) is 8.07. The van der Waals surface area contributed by atoms with Crippen LogP contribution >= 0.6 is 11.8 Å². The molecule has 4 aromatic rings. The lowest BCUT2D eigenvalue weighted by molar-refractivity contribution is -0.113. The fraction of sp³-hybridized carbons (Fsp3) is 0.0833. The van der Waals surface area contributed by atoms with Crippen LogP contribution in [0.3, 0.4) is 0 Å². The van der Waals surface area contributed by atoms with Gasteiger partial charge in [0.1, 0.15) is 17.4 Å². The summed E-state index contributed by atoms with van der Waals surface area (Å²) in [5.74, 6) is 0.754. The quantitative estimate of drug-likeness (QED) is 0.493. The number of fused-ring (bicyclic) bond motifs is 2. The van der Waals surface area contributed by atoms with Gasteiger partial charge >= 0.3 is 0 Å². The van der Waals surface area contributed by atoms with Crippen LogP contribution in [-0.4, -0.2) is 17.6 Å². The van der Waals surface area contributed by atoms with Crippen molar-refractivity contribution in [2.24, 2.45) is 0 Å². The van der Waals surface area contributed by atoms with Gasteiger partial charge in [-0.1, -0.05) is 48.5 Å². The van der Waals surface area contributed by atoms with Crippen molar-refractivity contribution in [3.05, 3.63) is 95.7 Å². The molecule has 1 aliphatic rings. The Kier molecular flexibility index (Phi) is 4.77. The molecule has 0 saturated heterocycles. The van der Waals surface area contributed by atoms with E-state index in [-0.39, 0.29) is 11.8 Å². The van der Waals surface area contributed by atoms with Crippen LogP contribution in [-0.2, 0) is 4.79 Å². The molecule has 0 radical (unpaired) electrons. The summed E-state index contributed by atoms with van der Waals surface area (Å²) in [5.41, 5.74) is 2.85. The molecule has 148 valence electrons. The number of carbonyl (C=O) groups excluding carboxylic acids is 2. The van der Waals surface area contributed by atoms with Gasteiger partial charge in [0.15, 0.2) is 0 Å². The van der Waals surface area contributed by atoms with Crippen LogP contribution in [0.25, 0.3) is 11.0 Å². The SMILES string of the molecule is O=C1CSc2ccc(C(=O)NC(c3ccccc3)c3cc4ccccc4o3)cc2N1. The summed E-state index contributed by atoms with van der Waals surface area (Å²) in [7, 11) is 0. The van der Waals surface area contributed by atoms with Gasteiger partial charge in [0.05, 0.1) is 11.4 Å². The number of carbonyl (C=O) groups is 2. The lowest BCUT2D eigenvalue weighted by Crippen LogP contribution is -2.29. The molecule has 5 nitrogen and oxygen atoms in total. The maximum Gasteiger partial charge on any atom is 0.252 e. The highest BCUT2D eigenvalue weighted by molar-refractivity contribution is 8.00. The minimum absolute atomic E-state index is 0.0607. The molecule has 5 rings (SSSR count). The molecule has 2 N–H and O–H groups in total. The summed E-state index contributed by atoms with van der Waals surface area (Å²) < 4.78 is 6.05. The zero-order valence-corrected chi connectivity index (χ0v) is 16.7. The van der Waals surface area contributed by atoms with E-state index in [2.05, 4.69) is 10.6 Å². The first-order valence-electron chi connectivity index (χ1n) is 9.58. The van der Waals surface area contributed by atoms with Crippen molar-refractivity contribution >= 4 is 40.2 Å². The fourth-order valence-electron chi connectivity index (χ4n) is 3.55. The van der Waals surface area contributed by atoms with Crippen LogP contribution in [0.2, 0.25) is 0 Å². The minimum atomic E-state index is -0.439. The van der Waals surface area contributed by atoms with Gasteiger partial charge in [0.25, 0.3) is 5.91 Å². The Balaban J connectivity index is 1.49. The monoisotopic (exact) mass is 414 g/mol. The van der Waals surface area contributed by atoms with Gasteiger partial charge in [0, 0.05) is 15.8 Å². The van der Waals surface area contributed by atoms with Gasteiger partial charge in [-0.2, -0.15) is 0 Å². The number of nitrogens with one attached hydrogen (secondary N) is 2. The molecule has 3 aromatic carbocycles. The second kappa shape index (κ2) is 7.72. The predicted molar refractivity (Wildman–Crippen MR) is 118 cm³/mol. The molecular formula is C24H18N2O3S. The van der Waals surface area contributed by atoms with Crippen molar-refractivity contribution in [2.75, 3.05) is 11.1 Å². The van der Waals surface area contributed by atoms with Gasteiger partial charge in [-0.3, -0.25) is 9.59 Å². The third-order valence-corrected chi connectivity index (χ3v) is 6.09. The largest absolute Gasteiger partial charge is 0.459 e. The second-order valence-electron chi connectivity index (χ2n) is 7.05. The number of benzene rings is 3. The lowest BCUT2D eigenvalue weighted by Gasteiger charge is -2.19.